The maximum absolute atomic E-state index is 11.6. The van der Waals surface area contributed by atoms with E-state index in [1.165, 1.54) is 0 Å². The van der Waals surface area contributed by atoms with Crippen molar-refractivity contribution < 1.29 is 9.59 Å². The molecule has 0 aliphatic heterocycles. The number of anilines is 2. The van der Waals surface area contributed by atoms with Crippen molar-refractivity contribution in [3.63, 3.8) is 0 Å². The van der Waals surface area contributed by atoms with E-state index in [-0.39, 0.29) is 11.8 Å². The maximum atomic E-state index is 11.6. The second kappa shape index (κ2) is 7.30. The van der Waals surface area contributed by atoms with E-state index in [2.05, 4.69) is 9.97 Å². The molecule has 0 spiro atoms. The smallest absolute Gasteiger partial charge is 0.336 e. The summed E-state index contributed by atoms with van der Waals surface area (Å²) in [6, 6.07) is 4.92. The Morgan fingerprint density at radius 3 is 2.20 bits per heavy atom. The van der Waals surface area contributed by atoms with E-state index in [0.29, 0.717) is 38.3 Å². The van der Waals surface area contributed by atoms with E-state index >= 15 is 0 Å². The highest BCUT2D eigenvalue weighted by Crippen LogP contribution is 2.36. The molecule has 10 nitrogen and oxygen atoms in total. The van der Waals surface area contributed by atoms with Gasteiger partial charge in [-0.3, -0.25) is 0 Å². The standard InChI is InChI=1S/C14H17ClN8O2/c1-2-9-10(7-5-3-4-6-8(7)15)11(22(18)12(16)24)21-14(20-9)23(19)13(17)25/h3-6H,2,18-19H2,1H3,(H2,16,24)(H2,17,25). The summed E-state index contributed by atoms with van der Waals surface area (Å²) in [4.78, 5) is 31.2. The highest BCUT2D eigenvalue weighted by molar-refractivity contribution is 6.33. The van der Waals surface area contributed by atoms with Crippen LogP contribution in [0.2, 0.25) is 5.02 Å². The van der Waals surface area contributed by atoms with Crippen LogP contribution in [0.4, 0.5) is 21.4 Å². The molecule has 0 radical (unpaired) electrons. The van der Waals surface area contributed by atoms with Gasteiger partial charge in [0, 0.05) is 16.1 Å². The highest BCUT2D eigenvalue weighted by atomic mass is 35.5. The van der Waals surface area contributed by atoms with Gasteiger partial charge in [-0.05, 0) is 12.5 Å². The van der Waals surface area contributed by atoms with Crippen molar-refractivity contribution in [3.8, 4) is 11.1 Å². The first kappa shape index (κ1) is 18.4. The fourth-order valence-electron chi connectivity index (χ4n) is 2.16. The molecule has 2 aromatic rings. The normalized spacial score (nSPS) is 10.4. The first-order valence-corrected chi connectivity index (χ1v) is 7.50. The van der Waals surface area contributed by atoms with Crippen molar-refractivity contribution in [1.29, 1.82) is 0 Å². The van der Waals surface area contributed by atoms with E-state index in [0.717, 1.165) is 0 Å². The molecule has 8 N–H and O–H groups in total. The molecule has 0 saturated carbocycles. The Morgan fingerprint density at radius 1 is 1.08 bits per heavy atom. The van der Waals surface area contributed by atoms with E-state index < -0.39 is 12.1 Å². The molecule has 2 rings (SSSR count). The molecule has 132 valence electrons. The molecule has 0 bridgehead atoms. The monoisotopic (exact) mass is 364 g/mol. The predicted octanol–water partition coefficient (Wildman–Crippen LogP) is 0.877. The topological polar surface area (TPSA) is 170 Å². The number of aromatic nitrogens is 2. The van der Waals surface area contributed by atoms with Gasteiger partial charge in [-0.25, -0.2) is 31.3 Å². The minimum Gasteiger partial charge on any atom is -0.350 e. The van der Waals surface area contributed by atoms with Crippen LogP contribution in [0.15, 0.2) is 24.3 Å². The summed E-state index contributed by atoms with van der Waals surface area (Å²) in [7, 11) is 0. The Bertz CT molecular complexity index is 828. The van der Waals surface area contributed by atoms with Crippen LogP contribution < -0.4 is 33.2 Å². The van der Waals surface area contributed by atoms with Crippen molar-refractivity contribution in [3.05, 3.63) is 35.0 Å². The fourth-order valence-corrected chi connectivity index (χ4v) is 2.39. The minimum absolute atomic E-state index is 0.0563. The predicted molar refractivity (Wildman–Crippen MR) is 94.4 cm³/mol. The number of hydrogen-bond donors (Lipinski definition) is 4. The Labute approximate surface area is 148 Å². The number of halogens is 1. The zero-order chi connectivity index (χ0) is 18.7. The molecule has 11 heteroatoms. The third-order valence-corrected chi connectivity index (χ3v) is 3.68. The van der Waals surface area contributed by atoms with Crippen molar-refractivity contribution in [2.75, 3.05) is 10.0 Å². The molecular weight excluding hydrogens is 348 g/mol. The van der Waals surface area contributed by atoms with Crippen LogP contribution in [-0.4, -0.2) is 22.0 Å². The zero-order valence-electron chi connectivity index (χ0n) is 13.3. The van der Waals surface area contributed by atoms with Crippen LogP contribution in [0, 0.1) is 0 Å². The molecule has 0 aliphatic carbocycles. The fraction of sp³-hybridized carbons (Fsp3) is 0.143. The van der Waals surface area contributed by atoms with Crippen LogP contribution in [0.5, 0.6) is 0 Å². The van der Waals surface area contributed by atoms with Gasteiger partial charge < -0.3 is 11.5 Å². The number of urea groups is 2. The highest BCUT2D eigenvalue weighted by Gasteiger charge is 2.25. The summed E-state index contributed by atoms with van der Waals surface area (Å²) in [5.74, 6) is 11.0. The van der Waals surface area contributed by atoms with Gasteiger partial charge in [0.2, 0.25) is 0 Å². The number of aryl methyl sites for hydroxylation is 1. The van der Waals surface area contributed by atoms with Crippen LogP contribution in [0.3, 0.4) is 0 Å². The molecule has 0 fully saturated rings. The molecule has 1 aromatic heterocycles. The number of nitrogens with zero attached hydrogens (tertiary/aromatic N) is 4. The Hall–Kier alpha value is -2.95. The molecule has 0 aliphatic rings. The van der Waals surface area contributed by atoms with Gasteiger partial charge >= 0.3 is 12.1 Å². The van der Waals surface area contributed by atoms with Crippen LogP contribution in [0.1, 0.15) is 12.6 Å². The Morgan fingerprint density at radius 2 is 1.68 bits per heavy atom. The lowest BCUT2D eigenvalue weighted by atomic mass is 10.0. The summed E-state index contributed by atoms with van der Waals surface area (Å²) in [5, 5.41) is 1.55. The number of amides is 4. The SMILES string of the molecule is CCc1nc(N(N)C(N)=O)nc(N(N)C(N)=O)c1-c1ccccc1Cl. The lowest BCUT2D eigenvalue weighted by Crippen LogP contribution is -2.45. The second-order valence-electron chi connectivity index (χ2n) is 4.92. The number of hydrazine groups is 2. The Kier molecular flexibility index (Phi) is 5.37. The van der Waals surface area contributed by atoms with Crippen molar-refractivity contribution >= 4 is 35.4 Å². The van der Waals surface area contributed by atoms with Gasteiger partial charge in [0.15, 0.2) is 5.82 Å². The molecule has 25 heavy (non-hydrogen) atoms. The third kappa shape index (κ3) is 3.60. The first-order chi connectivity index (χ1) is 11.8. The van der Waals surface area contributed by atoms with Crippen LogP contribution >= 0.6 is 11.6 Å². The van der Waals surface area contributed by atoms with Crippen molar-refractivity contribution in [1.82, 2.24) is 9.97 Å². The number of nitrogens with two attached hydrogens (primary N) is 4. The maximum Gasteiger partial charge on any atom is 0.336 e. The number of primary amides is 2. The van der Waals surface area contributed by atoms with Gasteiger partial charge in [0.1, 0.15) is 0 Å². The van der Waals surface area contributed by atoms with E-state index in [9.17, 15) is 9.59 Å². The van der Waals surface area contributed by atoms with Gasteiger partial charge in [-0.1, -0.05) is 36.7 Å². The van der Waals surface area contributed by atoms with E-state index in [1.807, 2.05) is 6.92 Å². The number of rotatable bonds is 4. The van der Waals surface area contributed by atoms with Gasteiger partial charge in [-0.15, -0.1) is 0 Å². The Balaban J connectivity index is 2.83. The largest absolute Gasteiger partial charge is 0.350 e. The molecule has 1 heterocycles. The van der Waals surface area contributed by atoms with Crippen LogP contribution in [-0.2, 0) is 6.42 Å². The van der Waals surface area contributed by atoms with Gasteiger partial charge in [0.05, 0.1) is 5.69 Å². The lowest BCUT2D eigenvalue weighted by molar-refractivity contribution is 0.253. The molecule has 0 atom stereocenters. The number of carbonyl (C=O) groups is 2. The molecular formula is C14H17ClN8O2. The lowest BCUT2D eigenvalue weighted by Gasteiger charge is -2.22. The summed E-state index contributed by atoms with van der Waals surface area (Å²) in [6.07, 6.45) is 0.405. The van der Waals surface area contributed by atoms with Crippen molar-refractivity contribution in [2.24, 2.45) is 23.2 Å². The van der Waals surface area contributed by atoms with Gasteiger partial charge in [0.25, 0.3) is 5.95 Å². The quantitative estimate of drug-likeness (QED) is 0.356. The van der Waals surface area contributed by atoms with Gasteiger partial charge in [-0.2, -0.15) is 9.99 Å². The average molecular weight is 365 g/mol. The summed E-state index contributed by atoms with van der Waals surface area (Å²) in [5.41, 5.74) is 11.8. The zero-order valence-corrected chi connectivity index (χ0v) is 14.1. The molecule has 0 unspecified atom stereocenters. The third-order valence-electron chi connectivity index (χ3n) is 3.35. The van der Waals surface area contributed by atoms with E-state index in [4.69, 9.17) is 34.8 Å². The molecule has 1 aromatic carbocycles. The molecule has 0 saturated heterocycles. The van der Waals surface area contributed by atoms with E-state index in [1.54, 1.807) is 24.3 Å². The first-order valence-electron chi connectivity index (χ1n) is 7.12. The summed E-state index contributed by atoms with van der Waals surface area (Å²) in [6.45, 7) is 1.81. The molecule has 4 amide bonds. The van der Waals surface area contributed by atoms with Crippen LogP contribution in [0.25, 0.3) is 11.1 Å². The summed E-state index contributed by atoms with van der Waals surface area (Å²) >= 11 is 6.26. The number of benzene rings is 1. The van der Waals surface area contributed by atoms with Crippen molar-refractivity contribution in [2.45, 2.75) is 13.3 Å². The summed E-state index contributed by atoms with van der Waals surface area (Å²) < 4.78 is 0. The number of hydrogen-bond acceptors (Lipinski definition) is 6. The second-order valence-corrected chi connectivity index (χ2v) is 5.33. The number of carbonyl (C=O) groups excluding carboxylic acids is 2. The average Bonchev–Trinajstić information content (AvgIpc) is 2.59. The minimum atomic E-state index is -0.985.